The van der Waals surface area contributed by atoms with Gasteiger partial charge in [0.05, 0.1) is 12.0 Å². The summed E-state index contributed by atoms with van der Waals surface area (Å²) in [7, 11) is 4.04. The molecule has 2 amide bonds. The molecule has 1 saturated heterocycles. The fourth-order valence-electron chi connectivity index (χ4n) is 3.47. The van der Waals surface area contributed by atoms with Gasteiger partial charge in [0, 0.05) is 25.0 Å². The first kappa shape index (κ1) is 20.4. The predicted octanol–water partition coefficient (Wildman–Crippen LogP) is 2.69. The van der Waals surface area contributed by atoms with Crippen LogP contribution in [0.3, 0.4) is 0 Å². The molecule has 0 bridgehead atoms. The van der Waals surface area contributed by atoms with E-state index in [9.17, 15) is 9.59 Å². The van der Waals surface area contributed by atoms with Crippen molar-refractivity contribution in [2.45, 2.75) is 39.7 Å². The number of nitrogens with one attached hydrogen (secondary N) is 1. The molecule has 26 heavy (non-hydrogen) atoms. The van der Waals surface area contributed by atoms with Crippen LogP contribution in [0.5, 0.6) is 0 Å². The number of rotatable bonds is 5. The van der Waals surface area contributed by atoms with Crippen molar-refractivity contribution >= 4 is 11.8 Å². The van der Waals surface area contributed by atoms with Gasteiger partial charge in [-0.25, -0.2) is 0 Å². The molecule has 1 heterocycles. The second-order valence-corrected chi connectivity index (χ2v) is 8.48. The molecule has 144 valence electrons. The van der Waals surface area contributed by atoms with Crippen LogP contribution in [0.1, 0.15) is 45.2 Å². The molecule has 2 unspecified atom stereocenters. The summed E-state index contributed by atoms with van der Waals surface area (Å²) in [6.07, 6.45) is 1.73. The van der Waals surface area contributed by atoms with E-state index in [-0.39, 0.29) is 23.8 Å². The minimum absolute atomic E-state index is 0.0548. The molecule has 1 N–H and O–H groups in total. The van der Waals surface area contributed by atoms with Crippen molar-refractivity contribution in [2.75, 3.05) is 33.7 Å². The van der Waals surface area contributed by atoms with Gasteiger partial charge in [0.25, 0.3) is 0 Å². The highest BCUT2D eigenvalue weighted by Gasteiger charge is 2.33. The summed E-state index contributed by atoms with van der Waals surface area (Å²) in [4.78, 5) is 29.2. The molecule has 5 heteroatoms. The molecule has 2 rings (SSSR count). The van der Waals surface area contributed by atoms with Crippen LogP contribution >= 0.6 is 0 Å². The predicted molar refractivity (Wildman–Crippen MR) is 105 cm³/mol. The molecule has 0 spiro atoms. The molecule has 1 aromatic rings. The number of carbonyl (C=O) groups excluding carboxylic acids is 2. The van der Waals surface area contributed by atoms with E-state index in [1.807, 2.05) is 58.0 Å². The molecule has 0 aromatic heterocycles. The minimum Gasteiger partial charge on any atom is -0.354 e. The first-order chi connectivity index (χ1) is 12.2. The normalized spacial score (nSPS) is 19.3. The van der Waals surface area contributed by atoms with Gasteiger partial charge in [0.1, 0.15) is 0 Å². The molecule has 1 aliphatic heterocycles. The molecular formula is C21H33N3O2. The Morgan fingerprint density at radius 1 is 1.23 bits per heavy atom. The van der Waals surface area contributed by atoms with Gasteiger partial charge in [-0.1, -0.05) is 51.1 Å². The highest BCUT2D eigenvalue weighted by molar-refractivity contribution is 5.83. The van der Waals surface area contributed by atoms with Crippen LogP contribution in [-0.2, 0) is 9.59 Å². The second-order valence-electron chi connectivity index (χ2n) is 8.48. The summed E-state index contributed by atoms with van der Waals surface area (Å²) in [5.74, 6) is 0.0679. The second kappa shape index (κ2) is 8.67. The van der Waals surface area contributed by atoms with Gasteiger partial charge in [0.15, 0.2) is 0 Å². The van der Waals surface area contributed by atoms with Crippen LogP contribution in [0.2, 0.25) is 0 Å². The number of benzene rings is 1. The van der Waals surface area contributed by atoms with Crippen LogP contribution in [0.4, 0.5) is 0 Å². The smallest absolute Gasteiger partial charge is 0.227 e. The monoisotopic (exact) mass is 359 g/mol. The lowest BCUT2D eigenvalue weighted by Crippen LogP contribution is -2.49. The molecule has 2 atom stereocenters. The SMILES string of the molecule is CN(C)C(CNC(=O)C1CCCN(C(=O)C(C)(C)C)C1)c1ccccc1. The maximum Gasteiger partial charge on any atom is 0.227 e. The Balaban J connectivity index is 1.95. The van der Waals surface area contributed by atoms with E-state index >= 15 is 0 Å². The molecule has 0 radical (unpaired) electrons. The van der Waals surface area contributed by atoms with Crippen LogP contribution in [0.25, 0.3) is 0 Å². The lowest BCUT2D eigenvalue weighted by molar-refractivity contribution is -0.142. The maximum atomic E-state index is 12.7. The number of piperidine rings is 1. The fourth-order valence-corrected chi connectivity index (χ4v) is 3.47. The van der Waals surface area contributed by atoms with Crippen molar-refractivity contribution in [3.63, 3.8) is 0 Å². The summed E-state index contributed by atoms with van der Waals surface area (Å²) < 4.78 is 0. The number of likely N-dealkylation sites (tertiary alicyclic amines) is 1. The summed E-state index contributed by atoms with van der Waals surface area (Å²) in [5.41, 5.74) is 0.785. The topological polar surface area (TPSA) is 52.7 Å². The first-order valence-electron chi connectivity index (χ1n) is 9.48. The third-order valence-electron chi connectivity index (χ3n) is 5.00. The first-order valence-corrected chi connectivity index (χ1v) is 9.48. The molecule has 0 saturated carbocycles. The standard InChI is InChI=1S/C21H33N3O2/c1-21(2,3)20(26)24-13-9-12-17(15-24)19(25)22-14-18(23(4)5)16-10-7-6-8-11-16/h6-8,10-11,17-18H,9,12-15H2,1-5H3,(H,22,25). The van der Waals surface area contributed by atoms with Crippen LogP contribution in [0, 0.1) is 11.3 Å². The van der Waals surface area contributed by atoms with E-state index in [0.717, 1.165) is 19.4 Å². The van der Waals surface area contributed by atoms with Gasteiger partial charge in [-0.05, 0) is 32.5 Å². The minimum atomic E-state index is -0.401. The van der Waals surface area contributed by atoms with Crippen LogP contribution in [-0.4, -0.2) is 55.3 Å². The highest BCUT2D eigenvalue weighted by Crippen LogP contribution is 2.24. The number of carbonyl (C=O) groups is 2. The number of nitrogens with zero attached hydrogens (tertiary/aromatic N) is 2. The molecule has 1 aromatic carbocycles. The van der Waals surface area contributed by atoms with E-state index in [0.29, 0.717) is 13.1 Å². The van der Waals surface area contributed by atoms with Crippen molar-refractivity contribution < 1.29 is 9.59 Å². The summed E-state index contributed by atoms with van der Waals surface area (Å²) in [6, 6.07) is 10.3. The average molecular weight is 360 g/mol. The molecule has 1 fully saturated rings. The van der Waals surface area contributed by atoms with E-state index in [2.05, 4.69) is 22.3 Å². The van der Waals surface area contributed by atoms with Gasteiger partial charge in [-0.15, -0.1) is 0 Å². The van der Waals surface area contributed by atoms with E-state index in [4.69, 9.17) is 0 Å². The van der Waals surface area contributed by atoms with Crippen molar-refractivity contribution in [1.29, 1.82) is 0 Å². The maximum absolute atomic E-state index is 12.7. The largest absolute Gasteiger partial charge is 0.354 e. The zero-order valence-corrected chi connectivity index (χ0v) is 16.8. The zero-order chi connectivity index (χ0) is 19.3. The molecule has 1 aliphatic rings. The Hall–Kier alpha value is -1.88. The van der Waals surface area contributed by atoms with Crippen molar-refractivity contribution in [1.82, 2.24) is 15.1 Å². The fraction of sp³-hybridized carbons (Fsp3) is 0.619. The Morgan fingerprint density at radius 3 is 2.46 bits per heavy atom. The summed E-state index contributed by atoms with van der Waals surface area (Å²) in [6.45, 7) is 7.64. The van der Waals surface area contributed by atoms with Gasteiger partial charge < -0.3 is 15.1 Å². The number of hydrogen-bond donors (Lipinski definition) is 1. The van der Waals surface area contributed by atoms with Gasteiger partial charge in [-0.3, -0.25) is 9.59 Å². The van der Waals surface area contributed by atoms with Crippen LogP contribution in [0.15, 0.2) is 30.3 Å². The quantitative estimate of drug-likeness (QED) is 0.879. The van der Waals surface area contributed by atoms with Gasteiger partial charge >= 0.3 is 0 Å². The zero-order valence-electron chi connectivity index (χ0n) is 16.8. The molecule has 0 aliphatic carbocycles. The summed E-state index contributed by atoms with van der Waals surface area (Å²) in [5, 5.41) is 3.11. The number of likely N-dealkylation sites (N-methyl/N-ethyl adjacent to an activating group) is 1. The van der Waals surface area contributed by atoms with Crippen molar-refractivity contribution in [2.24, 2.45) is 11.3 Å². The third kappa shape index (κ3) is 5.31. The Labute approximate surface area is 157 Å². The molecular weight excluding hydrogens is 326 g/mol. The van der Waals surface area contributed by atoms with E-state index in [1.54, 1.807) is 0 Å². The average Bonchev–Trinajstić information content (AvgIpc) is 2.61. The Kier molecular flexibility index (Phi) is 6.81. The van der Waals surface area contributed by atoms with Crippen molar-refractivity contribution in [3.05, 3.63) is 35.9 Å². The highest BCUT2D eigenvalue weighted by atomic mass is 16.2. The van der Waals surface area contributed by atoms with Crippen molar-refractivity contribution in [3.8, 4) is 0 Å². The van der Waals surface area contributed by atoms with Gasteiger partial charge in [-0.2, -0.15) is 0 Å². The van der Waals surface area contributed by atoms with E-state index in [1.165, 1.54) is 5.56 Å². The number of hydrogen-bond acceptors (Lipinski definition) is 3. The third-order valence-corrected chi connectivity index (χ3v) is 5.00. The number of amides is 2. The Bertz CT molecular complexity index is 607. The Morgan fingerprint density at radius 2 is 1.88 bits per heavy atom. The van der Waals surface area contributed by atoms with Crippen LogP contribution < -0.4 is 5.32 Å². The lowest BCUT2D eigenvalue weighted by Gasteiger charge is -2.36. The lowest BCUT2D eigenvalue weighted by atomic mass is 9.91. The summed E-state index contributed by atoms with van der Waals surface area (Å²) >= 11 is 0. The molecule has 5 nitrogen and oxygen atoms in total. The van der Waals surface area contributed by atoms with Gasteiger partial charge in [0.2, 0.25) is 11.8 Å². The van der Waals surface area contributed by atoms with E-state index < -0.39 is 5.41 Å².